The fourth-order valence-electron chi connectivity index (χ4n) is 3.75. The highest BCUT2D eigenvalue weighted by atomic mass is 19.1. The molecule has 29 heavy (non-hydrogen) atoms. The van der Waals surface area contributed by atoms with Crippen LogP contribution in [0.4, 0.5) is 20.3 Å². The first-order valence-electron chi connectivity index (χ1n) is 9.48. The van der Waals surface area contributed by atoms with Crippen molar-refractivity contribution in [2.24, 2.45) is 11.7 Å². The Morgan fingerprint density at radius 3 is 2.72 bits per heavy atom. The number of aromatic nitrogens is 2. The monoisotopic (exact) mass is 397 g/mol. The molecule has 0 saturated carbocycles. The summed E-state index contributed by atoms with van der Waals surface area (Å²) in [5.74, 6) is -0.853. The van der Waals surface area contributed by atoms with Crippen molar-refractivity contribution in [1.82, 2.24) is 9.97 Å². The highest BCUT2D eigenvalue weighted by Gasteiger charge is 2.25. The van der Waals surface area contributed by atoms with Crippen LogP contribution in [0.3, 0.4) is 0 Å². The van der Waals surface area contributed by atoms with Gasteiger partial charge in [-0.1, -0.05) is 6.07 Å². The molecular weight excluding hydrogens is 376 g/mol. The molecule has 3 heterocycles. The van der Waals surface area contributed by atoms with E-state index in [1.807, 2.05) is 12.1 Å². The molecular formula is C21H21F2N5O. The van der Waals surface area contributed by atoms with E-state index in [2.05, 4.69) is 20.2 Å². The maximum Gasteiger partial charge on any atom is 0.220 e. The molecule has 1 amide bonds. The molecule has 8 heteroatoms. The second kappa shape index (κ2) is 7.98. The predicted octanol–water partition coefficient (Wildman–Crippen LogP) is 3.22. The van der Waals surface area contributed by atoms with Gasteiger partial charge in [-0.15, -0.1) is 0 Å². The number of halogens is 2. The SMILES string of the molecule is NC(=O)C1CCN(c2ncccc2CNc2ccnc3c(F)cc(F)cc23)CC1. The van der Waals surface area contributed by atoms with Crippen molar-refractivity contribution in [2.45, 2.75) is 19.4 Å². The minimum Gasteiger partial charge on any atom is -0.380 e. The number of rotatable bonds is 5. The smallest absolute Gasteiger partial charge is 0.220 e. The van der Waals surface area contributed by atoms with Crippen LogP contribution in [0.5, 0.6) is 0 Å². The van der Waals surface area contributed by atoms with Gasteiger partial charge in [-0.2, -0.15) is 0 Å². The van der Waals surface area contributed by atoms with Crippen LogP contribution in [0.1, 0.15) is 18.4 Å². The zero-order chi connectivity index (χ0) is 20.4. The van der Waals surface area contributed by atoms with Crippen molar-refractivity contribution in [3.8, 4) is 0 Å². The minimum absolute atomic E-state index is 0.0930. The van der Waals surface area contributed by atoms with E-state index in [0.29, 0.717) is 43.5 Å². The van der Waals surface area contributed by atoms with Gasteiger partial charge in [0.2, 0.25) is 5.91 Å². The highest BCUT2D eigenvalue weighted by Crippen LogP contribution is 2.28. The van der Waals surface area contributed by atoms with Gasteiger partial charge in [0, 0.05) is 60.6 Å². The third-order valence-electron chi connectivity index (χ3n) is 5.30. The fourth-order valence-corrected chi connectivity index (χ4v) is 3.75. The molecule has 150 valence electrons. The molecule has 1 aromatic carbocycles. The summed E-state index contributed by atoms with van der Waals surface area (Å²) in [6, 6.07) is 7.59. The molecule has 1 aliphatic heterocycles. The van der Waals surface area contributed by atoms with Crippen LogP contribution in [0.25, 0.3) is 10.9 Å². The largest absolute Gasteiger partial charge is 0.380 e. The first-order chi connectivity index (χ1) is 14.0. The lowest BCUT2D eigenvalue weighted by atomic mass is 9.96. The molecule has 0 aliphatic carbocycles. The van der Waals surface area contributed by atoms with E-state index in [9.17, 15) is 13.6 Å². The average Bonchev–Trinajstić information content (AvgIpc) is 2.72. The first kappa shape index (κ1) is 19.0. The lowest BCUT2D eigenvalue weighted by molar-refractivity contribution is -0.122. The van der Waals surface area contributed by atoms with Crippen LogP contribution in [0.2, 0.25) is 0 Å². The maximum absolute atomic E-state index is 14.0. The number of piperidine rings is 1. The molecule has 0 unspecified atom stereocenters. The Kier molecular flexibility index (Phi) is 5.24. The molecule has 4 rings (SSSR count). The Morgan fingerprint density at radius 2 is 1.97 bits per heavy atom. The molecule has 1 aliphatic rings. The molecule has 6 nitrogen and oxygen atoms in total. The first-order valence-corrected chi connectivity index (χ1v) is 9.48. The maximum atomic E-state index is 14.0. The highest BCUT2D eigenvalue weighted by molar-refractivity contribution is 5.91. The Labute approximate surface area is 166 Å². The zero-order valence-electron chi connectivity index (χ0n) is 15.7. The third-order valence-corrected chi connectivity index (χ3v) is 5.30. The second-order valence-electron chi connectivity index (χ2n) is 7.15. The van der Waals surface area contributed by atoms with Gasteiger partial charge in [0.15, 0.2) is 5.82 Å². The third kappa shape index (κ3) is 3.96. The van der Waals surface area contributed by atoms with E-state index in [-0.39, 0.29) is 17.3 Å². The summed E-state index contributed by atoms with van der Waals surface area (Å²) in [6.07, 6.45) is 4.62. The summed E-state index contributed by atoms with van der Waals surface area (Å²) >= 11 is 0. The van der Waals surface area contributed by atoms with Gasteiger partial charge in [-0.05, 0) is 31.0 Å². The number of nitrogens with one attached hydrogen (secondary N) is 1. The van der Waals surface area contributed by atoms with E-state index in [0.717, 1.165) is 17.4 Å². The van der Waals surface area contributed by atoms with Crippen molar-refractivity contribution in [3.63, 3.8) is 0 Å². The van der Waals surface area contributed by atoms with Gasteiger partial charge in [-0.25, -0.2) is 13.8 Å². The van der Waals surface area contributed by atoms with Gasteiger partial charge in [0.05, 0.1) is 0 Å². The van der Waals surface area contributed by atoms with Crippen LogP contribution in [-0.4, -0.2) is 29.0 Å². The van der Waals surface area contributed by atoms with Crippen LogP contribution in [-0.2, 0) is 11.3 Å². The molecule has 1 fully saturated rings. The number of amides is 1. The molecule has 3 N–H and O–H groups in total. The normalized spacial score (nSPS) is 14.9. The number of primary amides is 1. The van der Waals surface area contributed by atoms with Crippen molar-refractivity contribution in [3.05, 3.63) is 59.9 Å². The van der Waals surface area contributed by atoms with Gasteiger partial charge in [0.1, 0.15) is 17.2 Å². The van der Waals surface area contributed by atoms with E-state index >= 15 is 0 Å². The summed E-state index contributed by atoms with van der Waals surface area (Å²) in [5.41, 5.74) is 7.08. The molecule has 2 aromatic heterocycles. The number of benzene rings is 1. The predicted molar refractivity (Wildman–Crippen MR) is 107 cm³/mol. The molecule has 0 atom stereocenters. The number of nitrogens with zero attached hydrogens (tertiary/aromatic N) is 3. The lowest BCUT2D eigenvalue weighted by Gasteiger charge is -2.32. The summed E-state index contributed by atoms with van der Waals surface area (Å²) < 4.78 is 27.7. The average molecular weight is 397 g/mol. The fraction of sp³-hybridized carbons (Fsp3) is 0.286. The van der Waals surface area contributed by atoms with E-state index in [1.54, 1.807) is 12.3 Å². The number of anilines is 2. The van der Waals surface area contributed by atoms with Crippen LogP contribution in [0.15, 0.2) is 42.7 Å². The number of carbonyl (C=O) groups excluding carboxylic acids is 1. The van der Waals surface area contributed by atoms with E-state index in [4.69, 9.17) is 5.73 Å². The summed E-state index contributed by atoms with van der Waals surface area (Å²) in [6.45, 7) is 1.83. The number of hydrogen-bond acceptors (Lipinski definition) is 5. The Hall–Kier alpha value is -3.29. The van der Waals surface area contributed by atoms with Crippen LogP contribution in [0, 0.1) is 17.6 Å². The molecule has 0 radical (unpaired) electrons. The number of nitrogens with two attached hydrogens (primary N) is 1. The lowest BCUT2D eigenvalue weighted by Crippen LogP contribution is -2.39. The van der Waals surface area contributed by atoms with Crippen molar-refractivity contribution < 1.29 is 13.6 Å². The van der Waals surface area contributed by atoms with E-state index < -0.39 is 11.6 Å². The molecule has 0 spiro atoms. The van der Waals surface area contributed by atoms with Gasteiger partial charge < -0.3 is 16.0 Å². The van der Waals surface area contributed by atoms with Crippen molar-refractivity contribution in [2.75, 3.05) is 23.3 Å². The van der Waals surface area contributed by atoms with Gasteiger partial charge in [0.25, 0.3) is 0 Å². The number of hydrogen-bond donors (Lipinski definition) is 2. The standard InChI is InChI=1S/C21H21F2N5O/c22-15-10-16-18(3-7-25-19(16)17(23)11-15)27-12-14-2-1-6-26-21(14)28-8-4-13(5-9-28)20(24)29/h1-3,6-7,10-11,13H,4-5,8-9,12H2,(H2,24,29)(H,25,27). The zero-order valence-corrected chi connectivity index (χ0v) is 15.7. The van der Waals surface area contributed by atoms with Crippen molar-refractivity contribution >= 4 is 28.3 Å². The number of carbonyl (C=O) groups is 1. The minimum atomic E-state index is -0.692. The Bertz CT molecular complexity index is 1050. The Morgan fingerprint density at radius 1 is 1.17 bits per heavy atom. The van der Waals surface area contributed by atoms with E-state index in [1.165, 1.54) is 12.3 Å². The number of pyridine rings is 2. The topological polar surface area (TPSA) is 84.1 Å². The van der Waals surface area contributed by atoms with Gasteiger partial charge in [-0.3, -0.25) is 9.78 Å². The summed E-state index contributed by atoms with van der Waals surface area (Å²) in [7, 11) is 0. The number of fused-ring (bicyclic) bond motifs is 1. The van der Waals surface area contributed by atoms with Crippen LogP contribution < -0.4 is 16.0 Å². The molecule has 1 saturated heterocycles. The molecule has 3 aromatic rings. The van der Waals surface area contributed by atoms with Crippen LogP contribution >= 0.6 is 0 Å². The quantitative estimate of drug-likeness (QED) is 0.691. The van der Waals surface area contributed by atoms with Crippen molar-refractivity contribution in [1.29, 1.82) is 0 Å². The van der Waals surface area contributed by atoms with Gasteiger partial charge >= 0.3 is 0 Å². The molecule has 0 bridgehead atoms. The summed E-state index contributed by atoms with van der Waals surface area (Å²) in [4.78, 5) is 22.1. The second-order valence-corrected chi connectivity index (χ2v) is 7.15. The summed E-state index contributed by atoms with van der Waals surface area (Å²) in [5, 5.41) is 3.64. The Balaban J connectivity index is 1.55.